The molecule has 1 aromatic heterocycles. The van der Waals surface area contributed by atoms with Crippen LogP contribution < -0.4 is 4.90 Å². The smallest absolute Gasteiger partial charge is 0.339 e. The lowest BCUT2D eigenvalue weighted by Gasteiger charge is -2.20. The Bertz CT molecular complexity index is 1460. The Kier molecular flexibility index (Phi) is 8.54. The lowest BCUT2D eigenvalue weighted by atomic mass is 9.98. The molecule has 0 N–H and O–H groups in total. The Hall–Kier alpha value is -3.93. The van der Waals surface area contributed by atoms with E-state index in [4.69, 9.17) is 9.72 Å². The van der Waals surface area contributed by atoms with Crippen LogP contribution in [0.2, 0.25) is 0 Å². The molecule has 6 heteroatoms. The van der Waals surface area contributed by atoms with Crippen LogP contribution in [0.1, 0.15) is 75.6 Å². The fourth-order valence-electron chi connectivity index (χ4n) is 4.68. The molecule has 0 spiro atoms. The van der Waals surface area contributed by atoms with Gasteiger partial charge in [0.1, 0.15) is 11.4 Å². The van der Waals surface area contributed by atoms with Gasteiger partial charge in [0.25, 0.3) is 0 Å². The summed E-state index contributed by atoms with van der Waals surface area (Å²) in [5.74, 6) is 0.805. The van der Waals surface area contributed by atoms with Gasteiger partial charge in [-0.05, 0) is 68.1 Å². The molecule has 0 aliphatic rings. The number of fused-ring (bicyclic) bond motifs is 1. The number of anilines is 1. The number of esters is 1. The summed E-state index contributed by atoms with van der Waals surface area (Å²) in [7, 11) is 1.81. The molecule has 6 nitrogen and oxygen atoms in total. The van der Waals surface area contributed by atoms with Gasteiger partial charge in [0.2, 0.25) is 5.91 Å². The summed E-state index contributed by atoms with van der Waals surface area (Å²) in [6.07, 6.45) is 3.51. The molecule has 0 saturated carbocycles. The summed E-state index contributed by atoms with van der Waals surface area (Å²) in [6.45, 7) is 10.4. The van der Waals surface area contributed by atoms with E-state index in [9.17, 15) is 9.59 Å². The number of aryl methyl sites for hydroxylation is 1. The molecule has 0 unspecified atom stereocenters. The van der Waals surface area contributed by atoms with Gasteiger partial charge in [-0.1, -0.05) is 62.7 Å². The Morgan fingerprint density at radius 3 is 2.36 bits per heavy atom. The van der Waals surface area contributed by atoms with Crippen LogP contribution in [-0.4, -0.2) is 34.1 Å². The summed E-state index contributed by atoms with van der Waals surface area (Å²) in [5.41, 5.74) is 5.79. The molecule has 0 radical (unpaired) electrons. The predicted octanol–water partition coefficient (Wildman–Crippen LogP) is 7.42. The highest BCUT2D eigenvalue weighted by atomic mass is 16.6. The number of carbonyl (C=O) groups excluding carboxylic acids is 2. The van der Waals surface area contributed by atoms with Crippen molar-refractivity contribution in [2.75, 3.05) is 11.9 Å². The first kappa shape index (κ1) is 28.1. The van der Waals surface area contributed by atoms with Gasteiger partial charge < -0.3 is 14.2 Å². The quantitative estimate of drug-likeness (QED) is 0.213. The molecule has 4 rings (SSSR count). The molecule has 39 heavy (non-hydrogen) atoms. The maximum atomic E-state index is 12.8. The van der Waals surface area contributed by atoms with Crippen molar-refractivity contribution < 1.29 is 14.3 Å². The van der Waals surface area contributed by atoms with Crippen LogP contribution in [0.4, 0.5) is 5.69 Å². The number of aromatic nitrogens is 2. The van der Waals surface area contributed by atoms with Crippen molar-refractivity contribution >= 4 is 28.6 Å². The molecule has 0 bridgehead atoms. The number of imidazole rings is 1. The molecular weight excluding hydrogens is 486 g/mol. The molecule has 0 saturated heterocycles. The van der Waals surface area contributed by atoms with Crippen molar-refractivity contribution in [3.8, 4) is 11.1 Å². The van der Waals surface area contributed by atoms with Crippen LogP contribution in [0.15, 0.2) is 66.7 Å². The second-order valence-electron chi connectivity index (χ2n) is 10.9. The van der Waals surface area contributed by atoms with E-state index in [0.29, 0.717) is 18.5 Å². The van der Waals surface area contributed by atoms with E-state index in [0.717, 1.165) is 58.5 Å². The SMILES string of the molecule is CCCCc1nc2cc(N(C)C(=O)CC)ccc2n1Cc1ccc(-c2ccccc2C(=O)OC(C)(C)C)cc1. The summed E-state index contributed by atoms with van der Waals surface area (Å²) in [5, 5.41) is 0. The fourth-order valence-corrected chi connectivity index (χ4v) is 4.68. The second-order valence-corrected chi connectivity index (χ2v) is 10.9. The molecular formula is C33H39N3O3. The van der Waals surface area contributed by atoms with Crippen molar-refractivity contribution in [2.24, 2.45) is 0 Å². The first-order valence-electron chi connectivity index (χ1n) is 13.8. The Morgan fingerprint density at radius 2 is 1.69 bits per heavy atom. The molecule has 1 amide bonds. The van der Waals surface area contributed by atoms with E-state index in [-0.39, 0.29) is 11.9 Å². The highest BCUT2D eigenvalue weighted by Gasteiger charge is 2.21. The first-order valence-corrected chi connectivity index (χ1v) is 13.8. The molecule has 0 fully saturated rings. The van der Waals surface area contributed by atoms with Gasteiger partial charge in [0.05, 0.1) is 16.6 Å². The minimum absolute atomic E-state index is 0.0771. The Morgan fingerprint density at radius 1 is 0.974 bits per heavy atom. The highest BCUT2D eigenvalue weighted by molar-refractivity contribution is 5.97. The van der Waals surface area contributed by atoms with Crippen LogP contribution in [0, 0.1) is 0 Å². The zero-order valence-corrected chi connectivity index (χ0v) is 24.0. The second kappa shape index (κ2) is 11.9. The average molecular weight is 526 g/mol. The van der Waals surface area contributed by atoms with E-state index >= 15 is 0 Å². The van der Waals surface area contributed by atoms with Gasteiger partial charge in [-0.2, -0.15) is 0 Å². The van der Waals surface area contributed by atoms with Gasteiger partial charge in [-0.3, -0.25) is 4.79 Å². The topological polar surface area (TPSA) is 64.4 Å². The van der Waals surface area contributed by atoms with E-state index in [1.165, 1.54) is 0 Å². The normalized spacial score (nSPS) is 11.5. The van der Waals surface area contributed by atoms with Crippen LogP contribution >= 0.6 is 0 Å². The van der Waals surface area contributed by atoms with Gasteiger partial charge in [-0.25, -0.2) is 9.78 Å². The number of hydrogen-bond acceptors (Lipinski definition) is 4. The van der Waals surface area contributed by atoms with E-state index in [1.54, 1.807) is 4.90 Å². The third kappa shape index (κ3) is 6.56. The number of benzene rings is 3. The van der Waals surface area contributed by atoms with E-state index in [1.807, 2.05) is 71.1 Å². The lowest BCUT2D eigenvalue weighted by molar-refractivity contribution is -0.118. The number of carbonyl (C=O) groups is 2. The van der Waals surface area contributed by atoms with Crippen LogP contribution in [0.3, 0.4) is 0 Å². The molecule has 0 atom stereocenters. The standard InChI is InChI=1S/C33H39N3O3/c1-7-9-14-30-34-28-21-25(35(6)31(37)8-2)19-20-29(28)36(30)22-23-15-17-24(18-16-23)26-12-10-11-13-27(26)32(38)39-33(3,4)5/h10-13,15-21H,7-9,14,22H2,1-6H3. The molecule has 0 aliphatic heterocycles. The number of rotatable bonds is 9. The number of nitrogens with zero attached hydrogens (tertiary/aromatic N) is 3. The minimum atomic E-state index is -0.557. The van der Waals surface area contributed by atoms with Gasteiger partial charge >= 0.3 is 5.97 Å². The van der Waals surface area contributed by atoms with Crippen molar-refractivity contribution in [3.63, 3.8) is 0 Å². The fraction of sp³-hybridized carbons (Fsp3) is 0.364. The number of unbranched alkanes of at least 4 members (excludes halogenated alkanes) is 1. The highest BCUT2D eigenvalue weighted by Crippen LogP contribution is 2.28. The number of amides is 1. The zero-order chi connectivity index (χ0) is 28.2. The van der Waals surface area contributed by atoms with Crippen molar-refractivity contribution in [2.45, 2.75) is 72.4 Å². The monoisotopic (exact) mass is 525 g/mol. The first-order chi connectivity index (χ1) is 18.6. The molecule has 4 aromatic rings. The van der Waals surface area contributed by atoms with E-state index < -0.39 is 5.60 Å². The van der Waals surface area contributed by atoms with Gasteiger partial charge in [-0.15, -0.1) is 0 Å². The Labute approximate surface area is 231 Å². The molecule has 0 aliphatic carbocycles. The van der Waals surface area contributed by atoms with Crippen molar-refractivity contribution in [1.82, 2.24) is 9.55 Å². The average Bonchev–Trinajstić information content (AvgIpc) is 3.26. The summed E-state index contributed by atoms with van der Waals surface area (Å²) >= 11 is 0. The van der Waals surface area contributed by atoms with Crippen LogP contribution in [0.5, 0.6) is 0 Å². The molecule has 3 aromatic carbocycles. The maximum absolute atomic E-state index is 12.8. The number of hydrogen-bond donors (Lipinski definition) is 0. The summed E-state index contributed by atoms with van der Waals surface area (Å²) < 4.78 is 7.92. The maximum Gasteiger partial charge on any atom is 0.339 e. The van der Waals surface area contributed by atoms with Crippen LogP contribution in [0.25, 0.3) is 22.2 Å². The summed E-state index contributed by atoms with van der Waals surface area (Å²) in [6, 6.07) is 22.0. The van der Waals surface area contributed by atoms with Crippen molar-refractivity contribution in [1.29, 1.82) is 0 Å². The lowest BCUT2D eigenvalue weighted by Crippen LogP contribution is -2.24. The van der Waals surface area contributed by atoms with E-state index in [2.05, 4.69) is 41.8 Å². The third-order valence-corrected chi connectivity index (χ3v) is 6.78. The van der Waals surface area contributed by atoms with Gasteiger partial charge in [0, 0.05) is 32.1 Å². The Balaban J connectivity index is 1.64. The van der Waals surface area contributed by atoms with Crippen LogP contribution in [-0.2, 0) is 22.5 Å². The van der Waals surface area contributed by atoms with Crippen molar-refractivity contribution in [3.05, 3.63) is 83.7 Å². The van der Waals surface area contributed by atoms with Gasteiger partial charge in [0.15, 0.2) is 0 Å². The molecule has 1 heterocycles. The summed E-state index contributed by atoms with van der Waals surface area (Å²) in [4.78, 5) is 31.7. The minimum Gasteiger partial charge on any atom is -0.456 e. The molecule has 204 valence electrons. The predicted molar refractivity (Wildman–Crippen MR) is 158 cm³/mol. The number of ether oxygens (including phenoxy) is 1. The third-order valence-electron chi connectivity index (χ3n) is 6.78. The largest absolute Gasteiger partial charge is 0.456 e. The zero-order valence-electron chi connectivity index (χ0n) is 24.0.